The van der Waals surface area contributed by atoms with E-state index in [4.69, 9.17) is 34.5 Å². The van der Waals surface area contributed by atoms with Crippen LogP contribution in [-0.2, 0) is 11.3 Å². The van der Waals surface area contributed by atoms with E-state index < -0.39 is 0 Å². The number of nitrogens with zero attached hydrogens (tertiary/aromatic N) is 1. The van der Waals surface area contributed by atoms with Crippen LogP contribution >= 0.6 is 35.0 Å². The largest absolute Gasteiger partial charge is 0.264 e. The first-order chi connectivity index (χ1) is 8.69. The minimum absolute atomic E-state index is 0.400. The average Bonchev–Trinajstić information content (AvgIpc) is 2.33. The summed E-state index contributed by atoms with van der Waals surface area (Å²) in [6.07, 6.45) is 9.00. The zero-order valence-corrected chi connectivity index (χ0v) is 12.1. The lowest BCUT2D eigenvalue weighted by atomic mass is 10.1. The lowest BCUT2D eigenvalue weighted by Gasteiger charge is -2.05. The van der Waals surface area contributed by atoms with Crippen LogP contribution in [0.5, 0.6) is 0 Å². The van der Waals surface area contributed by atoms with Crippen LogP contribution in [0.25, 0.3) is 0 Å². The summed E-state index contributed by atoms with van der Waals surface area (Å²) in [5.41, 5.74) is 3.96. The third kappa shape index (κ3) is 4.79. The highest BCUT2D eigenvalue weighted by Gasteiger charge is 2.06. The molecule has 0 unspecified atom stereocenters. The first-order valence-corrected chi connectivity index (χ1v) is 7.14. The number of nitrogens with one attached hydrogen (secondary N) is 1. The summed E-state index contributed by atoms with van der Waals surface area (Å²) in [7, 11) is 0. The highest BCUT2D eigenvalue weighted by atomic mass is 35.5. The predicted molar refractivity (Wildman–Crippen MR) is 79.8 cm³/mol. The van der Waals surface area contributed by atoms with Crippen LogP contribution in [0, 0.1) is 12.3 Å². The van der Waals surface area contributed by atoms with Gasteiger partial charge in [-0.25, -0.2) is 4.99 Å². The minimum Gasteiger partial charge on any atom is -0.264 e. The molecule has 3 nitrogen and oxygen atoms in total. The maximum absolute atomic E-state index is 6.07. The molecule has 1 rings (SSSR count). The molecule has 0 aliphatic rings. The van der Waals surface area contributed by atoms with Crippen LogP contribution in [0.2, 0.25) is 10.0 Å². The van der Waals surface area contributed by atoms with Gasteiger partial charge in [-0.3, -0.25) is 10.3 Å². The van der Waals surface area contributed by atoms with Gasteiger partial charge >= 0.3 is 0 Å². The van der Waals surface area contributed by atoms with Gasteiger partial charge in [0.05, 0.1) is 5.69 Å². The molecule has 0 aliphatic carbocycles. The lowest BCUT2D eigenvalue weighted by molar-refractivity contribution is 0.134. The van der Waals surface area contributed by atoms with Crippen molar-refractivity contribution < 1.29 is 4.84 Å². The molecule has 6 heteroatoms. The molecular weight excluding hydrogens is 291 g/mol. The Morgan fingerprint density at radius 1 is 1.50 bits per heavy atom. The molecule has 18 heavy (non-hydrogen) atoms. The topological polar surface area (TPSA) is 33.6 Å². The highest BCUT2D eigenvalue weighted by Crippen LogP contribution is 2.30. The SMILES string of the molecule is C#CCc1c(Cl)cc(N=CNOCSC)cc1Cl. The van der Waals surface area contributed by atoms with Crippen molar-refractivity contribution in [1.82, 2.24) is 5.48 Å². The Morgan fingerprint density at radius 2 is 2.17 bits per heavy atom. The van der Waals surface area contributed by atoms with Crippen molar-refractivity contribution in [3.05, 3.63) is 27.7 Å². The van der Waals surface area contributed by atoms with Crippen molar-refractivity contribution in [1.29, 1.82) is 0 Å². The smallest absolute Gasteiger partial charge is 0.120 e. The van der Waals surface area contributed by atoms with Gasteiger partial charge in [-0.1, -0.05) is 23.2 Å². The lowest BCUT2D eigenvalue weighted by Crippen LogP contribution is -2.10. The third-order valence-corrected chi connectivity index (χ3v) is 2.96. The summed E-state index contributed by atoms with van der Waals surface area (Å²) in [5.74, 6) is 3.05. The second kappa shape index (κ2) is 8.28. The maximum Gasteiger partial charge on any atom is 0.120 e. The van der Waals surface area contributed by atoms with Crippen LogP contribution in [0.4, 0.5) is 5.69 Å². The summed E-state index contributed by atoms with van der Waals surface area (Å²) in [6.45, 7) is 0. The van der Waals surface area contributed by atoms with E-state index in [1.165, 1.54) is 6.34 Å². The molecule has 0 bridgehead atoms. The van der Waals surface area contributed by atoms with Crippen molar-refractivity contribution in [2.24, 2.45) is 4.99 Å². The molecule has 0 radical (unpaired) electrons. The summed E-state index contributed by atoms with van der Waals surface area (Å²) < 4.78 is 0. The van der Waals surface area contributed by atoms with E-state index in [9.17, 15) is 0 Å². The number of rotatable bonds is 6. The van der Waals surface area contributed by atoms with Gasteiger partial charge in [-0.2, -0.15) is 0 Å². The Kier molecular flexibility index (Phi) is 6.99. The monoisotopic (exact) mass is 302 g/mol. The molecule has 96 valence electrons. The number of terminal acetylenes is 1. The van der Waals surface area contributed by atoms with Crippen LogP contribution < -0.4 is 5.48 Å². The normalized spacial score (nSPS) is 10.6. The van der Waals surface area contributed by atoms with Gasteiger partial charge in [0.25, 0.3) is 0 Å². The van der Waals surface area contributed by atoms with Crippen LogP contribution in [0.15, 0.2) is 17.1 Å². The molecule has 0 fully saturated rings. The first-order valence-electron chi connectivity index (χ1n) is 4.99. The second-order valence-corrected chi connectivity index (χ2v) is 4.82. The molecule has 1 aromatic carbocycles. The van der Waals surface area contributed by atoms with Gasteiger partial charge in [0.15, 0.2) is 0 Å². The molecule has 1 N–H and O–H groups in total. The molecule has 0 saturated heterocycles. The Bertz CT molecular complexity index is 449. The zero-order chi connectivity index (χ0) is 13.4. The van der Waals surface area contributed by atoms with E-state index in [1.807, 2.05) is 6.26 Å². The number of aliphatic imine (C=N–C) groups is 1. The molecule has 0 aliphatic heterocycles. The summed E-state index contributed by atoms with van der Waals surface area (Å²) in [5, 5.41) is 1.02. The minimum atomic E-state index is 0.400. The summed E-state index contributed by atoms with van der Waals surface area (Å²) in [4.78, 5) is 9.11. The van der Waals surface area contributed by atoms with Gasteiger partial charge in [0.2, 0.25) is 0 Å². The molecule has 0 aromatic heterocycles. The molecule has 0 spiro atoms. The molecular formula is C12H12Cl2N2OS. The Balaban J connectivity index is 2.71. The van der Waals surface area contributed by atoms with Crippen LogP contribution in [0.3, 0.4) is 0 Å². The average molecular weight is 303 g/mol. The third-order valence-electron chi connectivity index (χ3n) is 1.93. The number of hydrogen-bond donors (Lipinski definition) is 1. The Hall–Kier alpha value is -0.860. The second-order valence-electron chi connectivity index (χ2n) is 3.20. The maximum atomic E-state index is 6.07. The number of benzene rings is 1. The van der Waals surface area contributed by atoms with Crippen molar-refractivity contribution in [2.45, 2.75) is 6.42 Å². The van der Waals surface area contributed by atoms with Gasteiger partial charge in [-0.05, 0) is 18.4 Å². The number of hydroxylamine groups is 1. The van der Waals surface area contributed by atoms with Crippen molar-refractivity contribution in [3.63, 3.8) is 0 Å². The number of halogens is 2. The van der Waals surface area contributed by atoms with E-state index >= 15 is 0 Å². The van der Waals surface area contributed by atoms with E-state index in [0.29, 0.717) is 28.1 Å². The van der Waals surface area contributed by atoms with E-state index in [-0.39, 0.29) is 0 Å². The van der Waals surface area contributed by atoms with E-state index in [0.717, 1.165) is 5.56 Å². The predicted octanol–water partition coefficient (Wildman–Crippen LogP) is 3.67. The first kappa shape index (κ1) is 15.2. The van der Waals surface area contributed by atoms with Gasteiger partial charge in [0.1, 0.15) is 12.3 Å². The van der Waals surface area contributed by atoms with E-state index in [1.54, 1.807) is 23.9 Å². The highest BCUT2D eigenvalue weighted by molar-refractivity contribution is 7.98. The van der Waals surface area contributed by atoms with Crippen molar-refractivity contribution in [2.75, 3.05) is 12.2 Å². The standard InChI is InChI=1S/C12H12Cl2N2OS/c1-3-4-10-11(13)5-9(6-12(10)14)15-7-16-17-8-18-2/h1,5-7H,4,8H2,2H3,(H,15,16). The molecule has 0 saturated carbocycles. The van der Waals surface area contributed by atoms with Crippen molar-refractivity contribution >= 4 is 47.0 Å². The van der Waals surface area contributed by atoms with Gasteiger partial charge in [-0.15, -0.1) is 24.1 Å². The van der Waals surface area contributed by atoms with Gasteiger partial charge < -0.3 is 0 Å². The Labute approximate surface area is 121 Å². The van der Waals surface area contributed by atoms with Crippen LogP contribution in [-0.4, -0.2) is 18.5 Å². The van der Waals surface area contributed by atoms with Gasteiger partial charge in [0, 0.05) is 22.0 Å². The molecule has 1 aromatic rings. The Morgan fingerprint density at radius 3 is 2.72 bits per heavy atom. The quantitative estimate of drug-likeness (QED) is 0.217. The molecule has 0 amide bonds. The fourth-order valence-corrected chi connectivity index (χ4v) is 1.96. The summed E-state index contributed by atoms with van der Waals surface area (Å²) in [6, 6.07) is 3.40. The molecule has 0 heterocycles. The molecule has 0 atom stereocenters. The zero-order valence-electron chi connectivity index (χ0n) is 9.74. The number of thioether (sulfide) groups is 1. The fraction of sp³-hybridized carbons (Fsp3) is 0.250. The fourth-order valence-electron chi connectivity index (χ4n) is 1.17. The number of hydrogen-bond acceptors (Lipinski definition) is 3. The van der Waals surface area contributed by atoms with Crippen LogP contribution in [0.1, 0.15) is 5.56 Å². The van der Waals surface area contributed by atoms with E-state index in [2.05, 4.69) is 16.4 Å². The van der Waals surface area contributed by atoms with Crippen molar-refractivity contribution in [3.8, 4) is 12.3 Å². The summed E-state index contributed by atoms with van der Waals surface area (Å²) >= 11 is 13.7.